The van der Waals surface area contributed by atoms with Crippen molar-refractivity contribution in [3.63, 3.8) is 0 Å². The molecule has 31 heavy (non-hydrogen) atoms. The number of nitrogens with zero attached hydrogens (tertiary/aromatic N) is 1. The fourth-order valence-corrected chi connectivity index (χ4v) is 3.35. The third-order valence-corrected chi connectivity index (χ3v) is 5.32. The minimum Gasteiger partial charge on any atom is -0.422 e. The Morgan fingerprint density at radius 1 is 1.00 bits per heavy atom. The van der Waals surface area contributed by atoms with Crippen LogP contribution in [0.3, 0.4) is 0 Å². The van der Waals surface area contributed by atoms with Gasteiger partial charge in [-0.05, 0) is 48.7 Å². The van der Waals surface area contributed by atoms with Gasteiger partial charge in [0.05, 0.1) is 16.4 Å². The molecule has 0 aliphatic heterocycles. The highest BCUT2D eigenvalue weighted by molar-refractivity contribution is 7.12. The van der Waals surface area contributed by atoms with E-state index in [2.05, 4.69) is 15.8 Å². The van der Waals surface area contributed by atoms with E-state index in [1.807, 2.05) is 0 Å². The molecule has 0 saturated carbocycles. The fraction of sp³-hybridized carbons (Fsp3) is 0.0476. The lowest BCUT2D eigenvalue weighted by Crippen LogP contribution is -2.33. The number of anilines is 1. The molecule has 0 fully saturated rings. The predicted molar refractivity (Wildman–Crippen MR) is 121 cm³/mol. The average Bonchev–Trinajstić information content (AvgIpc) is 3.30. The van der Waals surface area contributed by atoms with Crippen molar-refractivity contribution in [2.24, 2.45) is 5.10 Å². The third kappa shape index (κ3) is 5.91. The second-order valence-electron chi connectivity index (χ2n) is 6.08. The zero-order valence-electron chi connectivity index (χ0n) is 16.0. The number of ether oxygens (including phenoxy) is 1. The topological polar surface area (TPSA) is 96.9 Å². The van der Waals surface area contributed by atoms with Gasteiger partial charge < -0.3 is 10.1 Å². The normalized spacial score (nSPS) is 11.0. The van der Waals surface area contributed by atoms with Crippen molar-refractivity contribution in [1.82, 2.24) is 5.43 Å². The molecule has 0 aliphatic carbocycles. The lowest BCUT2D eigenvalue weighted by atomic mass is 10.1. The highest BCUT2D eigenvalue weighted by atomic mass is 35.5. The zero-order chi connectivity index (χ0) is 22.4. The maximum atomic E-state index is 12.2. The third-order valence-electron chi connectivity index (χ3n) is 3.91. The van der Waals surface area contributed by atoms with Crippen LogP contribution in [0.1, 0.15) is 22.2 Å². The Kier molecular flexibility index (Phi) is 7.41. The number of amides is 2. The first kappa shape index (κ1) is 22.5. The molecule has 0 radical (unpaired) electrons. The molecule has 158 valence electrons. The maximum Gasteiger partial charge on any atom is 0.353 e. The second-order valence-corrected chi connectivity index (χ2v) is 7.87. The van der Waals surface area contributed by atoms with E-state index in [0.717, 1.165) is 0 Å². The van der Waals surface area contributed by atoms with E-state index in [1.54, 1.807) is 54.8 Å². The Labute approximate surface area is 191 Å². The number of benzene rings is 2. The van der Waals surface area contributed by atoms with Crippen molar-refractivity contribution < 1.29 is 19.1 Å². The van der Waals surface area contributed by atoms with Crippen LogP contribution in [0.25, 0.3) is 0 Å². The van der Waals surface area contributed by atoms with Crippen LogP contribution in [-0.4, -0.2) is 23.5 Å². The van der Waals surface area contributed by atoms with Crippen molar-refractivity contribution in [3.8, 4) is 5.75 Å². The van der Waals surface area contributed by atoms with Gasteiger partial charge in [0.15, 0.2) is 0 Å². The van der Waals surface area contributed by atoms with Gasteiger partial charge in [-0.1, -0.05) is 41.4 Å². The molecular formula is C21H15Cl2N3O4S. The van der Waals surface area contributed by atoms with Crippen LogP contribution < -0.4 is 15.5 Å². The van der Waals surface area contributed by atoms with E-state index >= 15 is 0 Å². The Balaban J connectivity index is 1.68. The van der Waals surface area contributed by atoms with Gasteiger partial charge in [-0.2, -0.15) is 5.10 Å². The standard InChI is InChI=1S/C21H15Cl2N3O4S/c1-12(14-5-2-3-6-17(14)30-21(29)18-7-4-10-31-18)25-26-20(28)19(27)24-16-11-13(22)8-9-15(16)23/h2-11H,1H3,(H,24,27)(H,26,28)/b25-12+. The van der Waals surface area contributed by atoms with E-state index in [-0.39, 0.29) is 16.5 Å². The van der Waals surface area contributed by atoms with Crippen LogP contribution in [0.2, 0.25) is 10.0 Å². The van der Waals surface area contributed by atoms with Gasteiger partial charge >= 0.3 is 17.8 Å². The molecule has 1 heterocycles. The summed E-state index contributed by atoms with van der Waals surface area (Å²) < 4.78 is 5.44. The first-order chi connectivity index (χ1) is 14.8. The van der Waals surface area contributed by atoms with E-state index in [9.17, 15) is 14.4 Å². The first-order valence-electron chi connectivity index (χ1n) is 8.81. The number of esters is 1. The number of carbonyl (C=O) groups excluding carboxylic acids is 3. The van der Waals surface area contributed by atoms with Gasteiger partial charge in [0.1, 0.15) is 10.6 Å². The number of nitrogens with one attached hydrogen (secondary N) is 2. The average molecular weight is 476 g/mol. The van der Waals surface area contributed by atoms with Gasteiger partial charge in [-0.15, -0.1) is 11.3 Å². The number of para-hydroxylation sites is 1. The first-order valence-corrected chi connectivity index (χ1v) is 10.4. The van der Waals surface area contributed by atoms with Crippen molar-refractivity contribution in [2.45, 2.75) is 6.92 Å². The largest absolute Gasteiger partial charge is 0.422 e. The SMILES string of the molecule is C/C(=N\NC(=O)C(=O)Nc1cc(Cl)ccc1Cl)c1ccccc1OC(=O)c1cccs1. The Bertz CT molecular complexity index is 1160. The molecule has 7 nitrogen and oxygen atoms in total. The summed E-state index contributed by atoms with van der Waals surface area (Å²) in [4.78, 5) is 36.9. The Hall–Kier alpha value is -3.20. The van der Waals surface area contributed by atoms with Crippen LogP contribution >= 0.6 is 34.5 Å². The number of hydrogen-bond donors (Lipinski definition) is 2. The van der Waals surface area contributed by atoms with Crippen molar-refractivity contribution in [2.75, 3.05) is 5.32 Å². The van der Waals surface area contributed by atoms with Gasteiger partial charge in [0.25, 0.3) is 0 Å². The van der Waals surface area contributed by atoms with Gasteiger partial charge in [0, 0.05) is 10.6 Å². The number of thiophene rings is 1. The van der Waals surface area contributed by atoms with Crippen LogP contribution in [0.5, 0.6) is 5.75 Å². The highest BCUT2D eigenvalue weighted by Gasteiger charge is 2.17. The molecule has 3 rings (SSSR count). The summed E-state index contributed by atoms with van der Waals surface area (Å²) in [6, 6.07) is 14.6. The molecule has 2 amide bonds. The molecule has 0 saturated heterocycles. The minimum atomic E-state index is -1.01. The summed E-state index contributed by atoms with van der Waals surface area (Å²) in [6.45, 7) is 1.60. The molecule has 0 aliphatic rings. The number of carbonyl (C=O) groups is 3. The van der Waals surface area contributed by atoms with Crippen LogP contribution in [0.4, 0.5) is 5.69 Å². The van der Waals surface area contributed by atoms with Gasteiger partial charge in [-0.3, -0.25) is 9.59 Å². The molecule has 0 spiro atoms. The molecular weight excluding hydrogens is 461 g/mol. The molecule has 0 atom stereocenters. The van der Waals surface area contributed by atoms with E-state index in [0.29, 0.717) is 21.2 Å². The molecule has 10 heteroatoms. The number of hydrogen-bond acceptors (Lipinski definition) is 6. The minimum absolute atomic E-state index is 0.195. The summed E-state index contributed by atoms with van der Waals surface area (Å²) in [7, 11) is 0. The highest BCUT2D eigenvalue weighted by Crippen LogP contribution is 2.25. The quantitative estimate of drug-likeness (QED) is 0.183. The summed E-state index contributed by atoms with van der Waals surface area (Å²) in [5.74, 6) is -2.22. The summed E-state index contributed by atoms with van der Waals surface area (Å²) in [5, 5.41) is 8.65. The summed E-state index contributed by atoms with van der Waals surface area (Å²) in [6.07, 6.45) is 0. The fourth-order valence-electron chi connectivity index (χ4n) is 2.42. The molecule has 2 aromatic carbocycles. The molecule has 0 unspecified atom stereocenters. The van der Waals surface area contributed by atoms with Crippen molar-refractivity contribution in [3.05, 3.63) is 80.5 Å². The van der Waals surface area contributed by atoms with E-state index in [1.165, 1.54) is 23.5 Å². The number of hydrazone groups is 1. The van der Waals surface area contributed by atoms with Crippen LogP contribution in [0, 0.1) is 0 Å². The Morgan fingerprint density at radius 3 is 2.52 bits per heavy atom. The summed E-state index contributed by atoms with van der Waals surface area (Å²) in [5.41, 5.74) is 3.17. The maximum absolute atomic E-state index is 12.2. The number of rotatable bonds is 5. The van der Waals surface area contributed by atoms with E-state index in [4.69, 9.17) is 27.9 Å². The Morgan fingerprint density at radius 2 is 1.77 bits per heavy atom. The lowest BCUT2D eigenvalue weighted by molar-refractivity contribution is -0.136. The second kappa shape index (κ2) is 10.2. The van der Waals surface area contributed by atoms with Gasteiger partial charge in [0.2, 0.25) is 0 Å². The molecule has 1 aromatic heterocycles. The molecule has 0 bridgehead atoms. The summed E-state index contributed by atoms with van der Waals surface area (Å²) >= 11 is 13.1. The number of halogens is 2. The molecule has 3 aromatic rings. The predicted octanol–water partition coefficient (Wildman–Crippen LogP) is 4.75. The van der Waals surface area contributed by atoms with Crippen LogP contribution in [-0.2, 0) is 9.59 Å². The van der Waals surface area contributed by atoms with Crippen molar-refractivity contribution in [1.29, 1.82) is 0 Å². The van der Waals surface area contributed by atoms with Crippen LogP contribution in [0.15, 0.2) is 65.1 Å². The molecule has 2 N–H and O–H groups in total. The van der Waals surface area contributed by atoms with E-state index < -0.39 is 17.8 Å². The smallest absolute Gasteiger partial charge is 0.353 e. The monoisotopic (exact) mass is 475 g/mol. The van der Waals surface area contributed by atoms with Crippen molar-refractivity contribution >= 4 is 63.7 Å². The lowest BCUT2D eigenvalue weighted by Gasteiger charge is -2.10. The zero-order valence-corrected chi connectivity index (χ0v) is 18.3. The van der Waals surface area contributed by atoms with Gasteiger partial charge in [-0.25, -0.2) is 10.2 Å².